The van der Waals surface area contributed by atoms with Gasteiger partial charge in [-0.1, -0.05) is 19.1 Å². The second-order valence-electron chi connectivity index (χ2n) is 5.57. The molecular weight excluding hydrogens is 325 g/mol. The minimum atomic E-state index is -0.981. The van der Waals surface area contributed by atoms with Crippen molar-refractivity contribution in [3.05, 3.63) is 75.2 Å². The van der Waals surface area contributed by atoms with E-state index in [1.54, 1.807) is 31.2 Å². The number of hydrogen-bond acceptors (Lipinski definition) is 3. The van der Waals surface area contributed by atoms with Crippen LogP contribution in [0.4, 0.5) is 10.1 Å². The van der Waals surface area contributed by atoms with Crippen molar-refractivity contribution in [3.8, 4) is 0 Å². The van der Waals surface area contributed by atoms with Crippen LogP contribution in [0.2, 0.25) is 0 Å². The number of para-hydroxylation sites is 1. The van der Waals surface area contributed by atoms with Crippen LogP contribution in [-0.4, -0.2) is 15.5 Å². The van der Waals surface area contributed by atoms with Gasteiger partial charge in [0.15, 0.2) is 0 Å². The minimum absolute atomic E-state index is 0.244. The fourth-order valence-corrected chi connectivity index (χ4v) is 2.70. The molecule has 2 N–H and O–H groups in total. The van der Waals surface area contributed by atoms with Crippen molar-refractivity contribution in [1.29, 1.82) is 0 Å². The van der Waals surface area contributed by atoms with E-state index in [2.05, 4.69) is 10.3 Å². The third kappa shape index (κ3) is 3.21. The van der Waals surface area contributed by atoms with Gasteiger partial charge in [0.05, 0.1) is 10.9 Å². The highest BCUT2D eigenvalue weighted by Crippen LogP contribution is 2.14. The molecule has 6 nitrogen and oxygen atoms in total. The van der Waals surface area contributed by atoms with Gasteiger partial charge in [0.25, 0.3) is 5.56 Å². The molecule has 0 aliphatic carbocycles. The van der Waals surface area contributed by atoms with Gasteiger partial charge in [0, 0.05) is 5.69 Å². The van der Waals surface area contributed by atoms with Gasteiger partial charge >= 0.3 is 5.69 Å². The Hall–Kier alpha value is -3.22. The highest BCUT2D eigenvalue weighted by molar-refractivity contribution is 5.93. The molecule has 7 heteroatoms. The molecule has 0 saturated heterocycles. The number of benzene rings is 2. The number of aromatic nitrogens is 2. The van der Waals surface area contributed by atoms with Crippen LogP contribution in [0.3, 0.4) is 0 Å². The Morgan fingerprint density at radius 1 is 1.16 bits per heavy atom. The summed E-state index contributed by atoms with van der Waals surface area (Å²) in [6.07, 6.45) is 0.244. The topological polar surface area (TPSA) is 84.0 Å². The Kier molecular flexibility index (Phi) is 4.47. The number of carbonyl (C=O) groups excluding carboxylic acids is 1. The Balaban J connectivity index is 2.02. The van der Waals surface area contributed by atoms with Gasteiger partial charge in [0.1, 0.15) is 11.9 Å². The summed E-state index contributed by atoms with van der Waals surface area (Å²) in [5.74, 6) is -0.941. The number of halogens is 1. The summed E-state index contributed by atoms with van der Waals surface area (Å²) < 4.78 is 13.9. The Morgan fingerprint density at radius 3 is 2.52 bits per heavy atom. The zero-order chi connectivity index (χ0) is 18.0. The first-order valence-electron chi connectivity index (χ1n) is 7.81. The zero-order valence-electron chi connectivity index (χ0n) is 13.5. The Morgan fingerprint density at radius 2 is 1.84 bits per heavy atom. The van der Waals surface area contributed by atoms with Crippen molar-refractivity contribution < 1.29 is 9.18 Å². The third-order valence-electron chi connectivity index (χ3n) is 3.95. The molecule has 128 valence electrons. The molecule has 25 heavy (non-hydrogen) atoms. The summed E-state index contributed by atoms with van der Waals surface area (Å²) in [5.41, 5.74) is -0.372. The van der Waals surface area contributed by atoms with E-state index >= 15 is 0 Å². The van der Waals surface area contributed by atoms with E-state index in [1.165, 1.54) is 24.3 Å². The number of H-pyrrole nitrogens is 1. The van der Waals surface area contributed by atoms with Crippen LogP contribution in [0.15, 0.2) is 58.1 Å². The molecule has 0 radical (unpaired) electrons. The smallest absolute Gasteiger partial charge is 0.324 e. The van der Waals surface area contributed by atoms with Gasteiger partial charge in [-0.25, -0.2) is 13.8 Å². The monoisotopic (exact) mass is 341 g/mol. The molecule has 1 amide bonds. The maximum atomic E-state index is 13.0. The number of anilines is 1. The highest BCUT2D eigenvalue weighted by atomic mass is 19.1. The molecule has 2 aromatic carbocycles. The second kappa shape index (κ2) is 6.72. The van der Waals surface area contributed by atoms with Crippen molar-refractivity contribution in [2.24, 2.45) is 0 Å². The van der Waals surface area contributed by atoms with Crippen LogP contribution in [0, 0.1) is 5.82 Å². The summed E-state index contributed by atoms with van der Waals surface area (Å²) in [6.45, 7) is 1.70. The molecule has 0 aliphatic rings. The molecule has 0 fully saturated rings. The highest BCUT2D eigenvalue weighted by Gasteiger charge is 2.23. The number of amides is 1. The van der Waals surface area contributed by atoms with E-state index in [0.717, 1.165) is 4.57 Å². The van der Waals surface area contributed by atoms with E-state index in [9.17, 15) is 18.8 Å². The number of hydrogen-bond donors (Lipinski definition) is 2. The molecule has 0 aliphatic heterocycles. The molecule has 0 spiro atoms. The third-order valence-corrected chi connectivity index (χ3v) is 3.95. The van der Waals surface area contributed by atoms with Crippen LogP contribution in [0.5, 0.6) is 0 Å². The lowest BCUT2D eigenvalue weighted by Crippen LogP contribution is -2.42. The molecular formula is C18H16FN3O3. The predicted molar refractivity (Wildman–Crippen MR) is 93.2 cm³/mol. The first kappa shape index (κ1) is 16.6. The van der Waals surface area contributed by atoms with Crippen molar-refractivity contribution in [1.82, 2.24) is 9.55 Å². The van der Waals surface area contributed by atoms with Crippen molar-refractivity contribution >= 4 is 22.5 Å². The van der Waals surface area contributed by atoms with E-state index < -0.39 is 29.0 Å². The lowest BCUT2D eigenvalue weighted by molar-refractivity contribution is -0.119. The predicted octanol–water partition coefficient (Wildman–Crippen LogP) is 2.42. The first-order valence-corrected chi connectivity index (χ1v) is 7.81. The van der Waals surface area contributed by atoms with Gasteiger partial charge in [0.2, 0.25) is 5.91 Å². The van der Waals surface area contributed by atoms with Crippen molar-refractivity contribution in [2.45, 2.75) is 19.4 Å². The van der Waals surface area contributed by atoms with Crippen LogP contribution < -0.4 is 16.6 Å². The largest absolute Gasteiger partial charge is 0.329 e. The lowest BCUT2D eigenvalue weighted by atomic mass is 10.1. The standard InChI is InChI=1S/C18H16FN3O3/c1-2-15(16(23)20-12-9-7-11(19)8-10-12)22-17(24)13-5-3-4-6-14(13)21-18(22)25/h3-10,15H,2H2,1H3,(H,20,23)(H,21,25). The van der Waals surface area contributed by atoms with Gasteiger partial charge in [-0.15, -0.1) is 0 Å². The number of rotatable bonds is 4. The van der Waals surface area contributed by atoms with Gasteiger partial charge in [-0.05, 0) is 42.8 Å². The maximum Gasteiger partial charge on any atom is 0.329 e. The molecule has 3 rings (SSSR count). The molecule has 0 bridgehead atoms. The average molecular weight is 341 g/mol. The van der Waals surface area contributed by atoms with Gasteiger partial charge in [-0.3, -0.25) is 9.59 Å². The Bertz CT molecular complexity index is 1040. The molecule has 1 heterocycles. The number of fused-ring (bicyclic) bond motifs is 1. The number of carbonyl (C=O) groups is 1. The SMILES string of the molecule is CCC(C(=O)Nc1ccc(F)cc1)n1c(=O)[nH]c2ccccc2c1=O. The Labute approximate surface area is 141 Å². The lowest BCUT2D eigenvalue weighted by Gasteiger charge is -2.17. The minimum Gasteiger partial charge on any atom is -0.324 e. The number of nitrogens with zero attached hydrogens (tertiary/aromatic N) is 1. The fraction of sp³-hybridized carbons (Fsp3) is 0.167. The normalized spacial score (nSPS) is 12.1. The molecule has 1 unspecified atom stereocenters. The number of nitrogens with one attached hydrogen (secondary N) is 2. The van der Waals surface area contributed by atoms with E-state index in [1.807, 2.05) is 0 Å². The van der Waals surface area contributed by atoms with Crippen LogP contribution >= 0.6 is 0 Å². The van der Waals surface area contributed by atoms with E-state index in [-0.39, 0.29) is 6.42 Å². The van der Waals surface area contributed by atoms with Gasteiger partial charge < -0.3 is 10.3 Å². The van der Waals surface area contributed by atoms with Crippen molar-refractivity contribution in [2.75, 3.05) is 5.32 Å². The summed E-state index contributed by atoms with van der Waals surface area (Å²) in [5, 5.41) is 2.93. The average Bonchev–Trinajstić information content (AvgIpc) is 2.60. The first-order chi connectivity index (χ1) is 12.0. The zero-order valence-corrected chi connectivity index (χ0v) is 13.5. The van der Waals surface area contributed by atoms with Crippen LogP contribution in [0.25, 0.3) is 10.9 Å². The van der Waals surface area contributed by atoms with Gasteiger partial charge in [-0.2, -0.15) is 0 Å². The molecule has 0 saturated carbocycles. The second-order valence-corrected chi connectivity index (χ2v) is 5.57. The summed E-state index contributed by atoms with van der Waals surface area (Å²) in [4.78, 5) is 40.2. The molecule has 3 aromatic rings. The molecule has 1 aromatic heterocycles. The van der Waals surface area contributed by atoms with Crippen LogP contribution in [0.1, 0.15) is 19.4 Å². The fourth-order valence-electron chi connectivity index (χ4n) is 2.70. The summed E-state index contributed by atoms with van der Waals surface area (Å²) in [7, 11) is 0. The maximum absolute atomic E-state index is 13.0. The quantitative estimate of drug-likeness (QED) is 0.764. The summed E-state index contributed by atoms with van der Waals surface area (Å²) in [6, 6.07) is 10.9. The molecule has 1 atom stereocenters. The summed E-state index contributed by atoms with van der Waals surface area (Å²) >= 11 is 0. The van der Waals surface area contributed by atoms with Crippen molar-refractivity contribution in [3.63, 3.8) is 0 Å². The van der Waals surface area contributed by atoms with E-state index in [0.29, 0.717) is 16.6 Å². The number of aromatic amines is 1. The van der Waals surface area contributed by atoms with E-state index in [4.69, 9.17) is 0 Å². The van der Waals surface area contributed by atoms with Crippen LogP contribution in [-0.2, 0) is 4.79 Å².